The second-order valence-corrected chi connectivity index (χ2v) is 5.88. The predicted octanol–water partition coefficient (Wildman–Crippen LogP) is -0.964. The molecule has 0 aromatic heterocycles. The van der Waals surface area contributed by atoms with Crippen molar-refractivity contribution in [3.8, 4) is 0 Å². The van der Waals surface area contributed by atoms with Crippen LogP contribution in [0.2, 0.25) is 0 Å². The first-order valence-electron chi connectivity index (χ1n) is 6.04. The van der Waals surface area contributed by atoms with Crippen LogP contribution in [0, 0.1) is 0 Å². The quantitative estimate of drug-likeness (QED) is 0.333. The first-order valence-corrected chi connectivity index (χ1v) is 7.51. The summed E-state index contributed by atoms with van der Waals surface area (Å²) in [6.07, 6.45) is 4.63. The molecule has 2 atom stereocenters. The molecule has 0 saturated carbocycles. The Bertz CT molecular complexity index is 267. The van der Waals surface area contributed by atoms with E-state index in [-0.39, 0.29) is 35.7 Å². The summed E-state index contributed by atoms with van der Waals surface area (Å²) in [7, 11) is -4.12. The van der Waals surface area contributed by atoms with Gasteiger partial charge in [0.25, 0.3) is 0 Å². The van der Waals surface area contributed by atoms with Crippen LogP contribution in [0.5, 0.6) is 0 Å². The molecule has 0 saturated heterocycles. The average molecular weight is 274 g/mol. The molecule has 0 spiro atoms. The predicted molar refractivity (Wildman–Crippen MR) is 63.2 cm³/mol. The van der Waals surface area contributed by atoms with E-state index in [0.29, 0.717) is 12.8 Å². The van der Waals surface area contributed by atoms with Gasteiger partial charge < -0.3 is 9.66 Å². The molecular formula is C11H23NaO4S. The van der Waals surface area contributed by atoms with Crippen LogP contribution in [0.15, 0.2) is 0 Å². The molecule has 98 valence electrons. The van der Waals surface area contributed by atoms with E-state index in [1.165, 1.54) is 0 Å². The minimum Gasteiger partial charge on any atom is -0.748 e. The summed E-state index contributed by atoms with van der Waals surface area (Å²) < 4.78 is 32.4. The van der Waals surface area contributed by atoms with E-state index in [2.05, 4.69) is 0 Å². The minimum absolute atomic E-state index is 0. The van der Waals surface area contributed by atoms with Crippen LogP contribution in [0.3, 0.4) is 0 Å². The number of rotatable bonds is 9. The van der Waals surface area contributed by atoms with E-state index in [0.717, 1.165) is 32.1 Å². The molecule has 6 heteroatoms. The first-order chi connectivity index (χ1) is 7.41. The Balaban J connectivity index is 0. The standard InChI is InChI=1S/C11H24O4S.Na/c1-3-10(12)8-6-5-7-9-11(4-2)16(13,14)15;/h10-12H,3-9H2,1-2H3,(H,13,14,15);/q;+1/p-1. The van der Waals surface area contributed by atoms with E-state index >= 15 is 0 Å². The molecule has 17 heavy (non-hydrogen) atoms. The molecule has 1 N–H and O–H groups in total. The Hall–Kier alpha value is 0.870. The summed E-state index contributed by atoms with van der Waals surface area (Å²) in [4.78, 5) is 0. The van der Waals surface area contributed by atoms with E-state index in [1.54, 1.807) is 6.92 Å². The Morgan fingerprint density at radius 1 is 1.06 bits per heavy atom. The fourth-order valence-corrected chi connectivity index (χ4v) is 2.55. The van der Waals surface area contributed by atoms with Crippen molar-refractivity contribution in [1.29, 1.82) is 0 Å². The van der Waals surface area contributed by atoms with Crippen LogP contribution in [0.1, 0.15) is 58.8 Å². The number of hydrogen-bond donors (Lipinski definition) is 1. The van der Waals surface area contributed by atoms with Gasteiger partial charge in [-0.1, -0.05) is 33.1 Å². The number of hydrogen-bond acceptors (Lipinski definition) is 4. The molecule has 4 nitrogen and oxygen atoms in total. The third-order valence-corrected chi connectivity index (χ3v) is 4.28. The molecule has 0 heterocycles. The molecule has 0 bridgehead atoms. The van der Waals surface area contributed by atoms with Crippen molar-refractivity contribution in [1.82, 2.24) is 0 Å². The number of aliphatic hydroxyl groups excluding tert-OH is 1. The number of aliphatic hydroxyl groups is 1. The third-order valence-electron chi connectivity index (χ3n) is 2.90. The number of unbranched alkanes of at least 4 members (excludes halogenated alkanes) is 2. The minimum atomic E-state index is -4.12. The zero-order valence-electron chi connectivity index (χ0n) is 11.2. The molecule has 0 radical (unpaired) electrons. The molecule has 0 fully saturated rings. The second kappa shape index (κ2) is 10.8. The summed E-state index contributed by atoms with van der Waals surface area (Å²) in [5.74, 6) is 0. The van der Waals surface area contributed by atoms with Gasteiger partial charge in [-0.2, -0.15) is 0 Å². The topological polar surface area (TPSA) is 77.4 Å². The molecule has 0 aromatic carbocycles. The molecule has 0 rings (SSSR count). The van der Waals surface area contributed by atoms with Crippen molar-refractivity contribution < 1.29 is 47.6 Å². The first kappa shape index (κ1) is 20.2. The Morgan fingerprint density at radius 2 is 1.59 bits per heavy atom. The normalized spacial score (nSPS) is 15.1. The van der Waals surface area contributed by atoms with Gasteiger partial charge in [0.2, 0.25) is 0 Å². The van der Waals surface area contributed by atoms with E-state index in [4.69, 9.17) is 0 Å². The van der Waals surface area contributed by atoms with Crippen LogP contribution in [-0.2, 0) is 10.1 Å². The zero-order valence-corrected chi connectivity index (χ0v) is 14.0. The summed E-state index contributed by atoms with van der Waals surface area (Å²) in [5, 5.41) is 8.56. The Morgan fingerprint density at radius 3 is 2.00 bits per heavy atom. The molecule has 0 aliphatic rings. The molecule has 0 amide bonds. The van der Waals surface area contributed by atoms with E-state index < -0.39 is 15.4 Å². The van der Waals surface area contributed by atoms with Gasteiger partial charge in [0.15, 0.2) is 0 Å². The van der Waals surface area contributed by atoms with Gasteiger partial charge in [-0.3, -0.25) is 0 Å². The zero-order chi connectivity index (χ0) is 12.6. The fourth-order valence-electron chi connectivity index (χ4n) is 1.69. The van der Waals surface area contributed by atoms with Crippen LogP contribution in [-0.4, -0.2) is 29.4 Å². The summed E-state index contributed by atoms with van der Waals surface area (Å²) in [6, 6.07) is 0. The van der Waals surface area contributed by atoms with Crippen molar-refractivity contribution in [2.75, 3.05) is 0 Å². The Labute approximate surface area is 127 Å². The monoisotopic (exact) mass is 274 g/mol. The summed E-state index contributed by atoms with van der Waals surface area (Å²) >= 11 is 0. The van der Waals surface area contributed by atoms with Crippen molar-refractivity contribution in [2.45, 2.75) is 70.1 Å². The molecule has 0 aliphatic heterocycles. The fraction of sp³-hybridized carbons (Fsp3) is 1.00. The van der Waals surface area contributed by atoms with E-state index in [9.17, 15) is 18.1 Å². The van der Waals surface area contributed by atoms with Crippen LogP contribution in [0.25, 0.3) is 0 Å². The van der Waals surface area contributed by atoms with Crippen LogP contribution < -0.4 is 29.6 Å². The van der Waals surface area contributed by atoms with Gasteiger partial charge in [0.05, 0.1) is 16.2 Å². The maximum Gasteiger partial charge on any atom is 1.00 e. The van der Waals surface area contributed by atoms with Gasteiger partial charge in [-0.05, 0) is 25.7 Å². The largest absolute Gasteiger partial charge is 1.00 e. The van der Waals surface area contributed by atoms with Gasteiger partial charge in [-0.15, -0.1) is 0 Å². The molecular weight excluding hydrogens is 251 g/mol. The second-order valence-electron chi connectivity index (χ2n) is 4.22. The van der Waals surface area contributed by atoms with Crippen molar-refractivity contribution in [3.63, 3.8) is 0 Å². The van der Waals surface area contributed by atoms with Crippen LogP contribution in [0.4, 0.5) is 0 Å². The van der Waals surface area contributed by atoms with E-state index in [1.807, 2.05) is 6.92 Å². The van der Waals surface area contributed by atoms with Gasteiger partial charge in [0, 0.05) is 5.25 Å². The maximum absolute atomic E-state index is 10.8. The molecule has 0 aromatic rings. The third kappa shape index (κ3) is 10.5. The molecule has 0 aliphatic carbocycles. The molecule has 2 unspecified atom stereocenters. The SMILES string of the molecule is CCC(O)CCCCCC(CC)S(=O)(=O)[O-].[Na+]. The summed E-state index contributed by atoms with van der Waals surface area (Å²) in [5.41, 5.74) is 0. The van der Waals surface area contributed by atoms with Gasteiger partial charge in [0.1, 0.15) is 0 Å². The average Bonchev–Trinajstić information content (AvgIpc) is 2.20. The Kier molecular flexibility index (Phi) is 12.8. The van der Waals surface area contributed by atoms with Crippen LogP contribution >= 0.6 is 0 Å². The van der Waals surface area contributed by atoms with Gasteiger partial charge >= 0.3 is 29.6 Å². The summed E-state index contributed by atoms with van der Waals surface area (Å²) in [6.45, 7) is 3.66. The van der Waals surface area contributed by atoms with Crippen molar-refractivity contribution in [2.24, 2.45) is 0 Å². The van der Waals surface area contributed by atoms with Crippen molar-refractivity contribution in [3.05, 3.63) is 0 Å². The van der Waals surface area contributed by atoms with Crippen molar-refractivity contribution >= 4 is 10.1 Å². The van der Waals surface area contributed by atoms with Gasteiger partial charge in [-0.25, -0.2) is 8.42 Å². The maximum atomic E-state index is 10.8. The smallest absolute Gasteiger partial charge is 0.748 e.